The Balaban J connectivity index is 1.59. The van der Waals surface area contributed by atoms with Crippen molar-refractivity contribution in [1.29, 1.82) is 0 Å². The average Bonchev–Trinajstić information content (AvgIpc) is 2.80. The van der Waals surface area contributed by atoms with Gasteiger partial charge >= 0.3 is 5.97 Å². The van der Waals surface area contributed by atoms with Crippen LogP contribution >= 0.6 is 0 Å². The van der Waals surface area contributed by atoms with Gasteiger partial charge in [0.15, 0.2) is 5.65 Å². The molecule has 0 bridgehead atoms. The number of fused-ring (bicyclic) bond motifs is 2. The number of pyridine rings is 1. The number of benzene rings is 1. The van der Waals surface area contributed by atoms with Gasteiger partial charge in [-0.15, -0.1) is 0 Å². The van der Waals surface area contributed by atoms with Crippen molar-refractivity contribution in [3.63, 3.8) is 0 Å². The molecule has 0 saturated heterocycles. The van der Waals surface area contributed by atoms with Gasteiger partial charge in [0.05, 0.1) is 17.6 Å². The number of ether oxygens (including phenoxy) is 1. The number of carbonyl (C=O) groups is 2. The first-order valence-corrected chi connectivity index (χ1v) is 11.0. The Morgan fingerprint density at radius 2 is 1.91 bits per heavy atom. The first-order valence-electron chi connectivity index (χ1n) is 11.0. The molecule has 1 amide bonds. The van der Waals surface area contributed by atoms with Gasteiger partial charge in [0.25, 0.3) is 5.56 Å². The zero-order valence-electron chi connectivity index (χ0n) is 18.3. The highest BCUT2D eigenvalue weighted by molar-refractivity contribution is 5.95. The summed E-state index contributed by atoms with van der Waals surface area (Å²) < 4.78 is 6.35. The van der Waals surface area contributed by atoms with Crippen molar-refractivity contribution in [2.24, 2.45) is 0 Å². The van der Waals surface area contributed by atoms with E-state index in [4.69, 9.17) is 4.74 Å². The lowest BCUT2D eigenvalue weighted by molar-refractivity contribution is -0.119. The minimum Gasteiger partial charge on any atom is -0.462 e. The molecular weight excluding hydrogens is 408 g/mol. The largest absolute Gasteiger partial charge is 0.462 e. The van der Waals surface area contributed by atoms with Crippen molar-refractivity contribution < 1.29 is 14.3 Å². The van der Waals surface area contributed by atoms with Crippen LogP contribution in [0.1, 0.15) is 60.8 Å². The number of carbonyl (C=O) groups excluding carboxylic acids is 2. The van der Waals surface area contributed by atoms with Crippen LogP contribution in [0.2, 0.25) is 0 Å². The third-order valence-electron chi connectivity index (χ3n) is 5.74. The predicted octanol–water partition coefficient (Wildman–Crippen LogP) is 3.44. The van der Waals surface area contributed by atoms with E-state index in [0.29, 0.717) is 35.3 Å². The topological polar surface area (TPSA) is 103 Å². The van der Waals surface area contributed by atoms with Gasteiger partial charge < -0.3 is 10.1 Å². The first kappa shape index (κ1) is 21.7. The summed E-state index contributed by atoms with van der Waals surface area (Å²) in [4.78, 5) is 46.9. The van der Waals surface area contributed by atoms with Crippen LogP contribution in [-0.4, -0.2) is 33.0 Å². The number of nitrogens with zero attached hydrogens (tertiary/aromatic N) is 3. The molecule has 0 fully saturated rings. The molecule has 0 aliphatic heterocycles. The molecule has 1 atom stereocenters. The summed E-state index contributed by atoms with van der Waals surface area (Å²) in [6.07, 6.45) is 5.82. The van der Waals surface area contributed by atoms with Crippen LogP contribution in [-0.2, 0) is 22.4 Å². The maximum absolute atomic E-state index is 13.2. The van der Waals surface area contributed by atoms with Crippen molar-refractivity contribution in [3.05, 3.63) is 63.8 Å². The Morgan fingerprint density at radius 3 is 2.62 bits per heavy atom. The van der Waals surface area contributed by atoms with Gasteiger partial charge in [-0.3, -0.25) is 14.2 Å². The van der Waals surface area contributed by atoms with E-state index in [1.54, 1.807) is 31.2 Å². The molecule has 1 N–H and O–H groups in total. The van der Waals surface area contributed by atoms with E-state index in [1.165, 1.54) is 10.9 Å². The fourth-order valence-electron chi connectivity index (χ4n) is 4.05. The molecule has 2 aromatic heterocycles. The summed E-state index contributed by atoms with van der Waals surface area (Å²) in [7, 11) is 0. The number of hydrogen-bond acceptors (Lipinski definition) is 6. The molecule has 1 aromatic carbocycles. The molecular formula is C24H26N4O4. The zero-order valence-corrected chi connectivity index (χ0v) is 18.3. The van der Waals surface area contributed by atoms with E-state index >= 15 is 0 Å². The number of anilines is 1. The van der Waals surface area contributed by atoms with Crippen molar-refractivity contribution in [2.75, 3.05) is 11.9 Å². The van der Waals surface area contributed by atoms with Gasteiger partial charge in [0, 0.05) is 11.4 Å². The first-order chi connectivity index (χ1) is 15.5. The quantitative estimate of drug-likeness (QED) is 0.596. The van der Waals surface area contributed by atoms with Crippen LogP contribution in [0.25, 0.3) is 11.0 Å². The maximum Gasteiger partial charge on any atom is 0.338 e. The Labute approximate surface area is 185 Å². The molecule has 0 spiro atoms. The van der Waals surface area contributed by atoms with E-state index in [1.807, 2.05) is 13.0 Å². The van der Waals surface area contributed by atoms with Gasteiger partial charge in [-0.2, -0.15) is 0 Å². The second-order valence-electron chi connectivity index (χ2n) is 7.84. The van der Waals surface area contributed by atoms with Crippen LogP contribution < -0.4 is 10.9 Å². The van der Waals surface area contributed by atoms with Crippen LogP contribution in [0.4, 0.5) is 5.69 Å². The van der Waals surface area contributed by atoms with Crippen LogP contribution in [0.3, 0.4) is 0 Å². The summed E-state index contributed by atoms with van der Waals surface area (Å²) in [5, 5.41) is 3.26. The number of aryl methyl sites for hydroxylation is 2. The number of aromatic nitrogens is 3. The smallest absolute Gasteiger partial charge is 0.338 e. The lowest BCUT2D eigenvalue weighted by Gasteiger charge is -2.19. The number of esters is 1. The van der Waals surface area contributed by atoms with E-state index in [2.05, 4.69) is 15.3 Å². The van der Waals surface area contributed by atoms with E-state index in [9.17, 15) is 14.4 Å². The standard InChI is InChI=1S/C24H26N4O4/c1-3-20(22(29)26-17-11-9-15(10-12-17)24(31)32-4-2)28-14-25-21-18(23(28)30)13-16-7-5-6-8-19(16)27-21/h9-14,20H,3-8H2,1-2H3,(H,26,29)/t20-/m1/s1. The summed E-state index contributed by atoms with van der Waals surface area (Å²) in [6.45, 7) is 3.88. The van der Waals surface area contributed by atoms with Gasteiger partial charge in [-0.1, -0.05) is 6.92 Å². The summed E-state index contributed by atoms with van der Waals surface area (Å²) >= 11 is 0. The monoisotopic (exact) mass is 434 g/mol. The minimum atomic E-state index is -0.722. The Morgan fingerprint density at radius 1 is 1.16 bits per heavy atom. The van der Waals surface area contributed by atoms with Crippen LogP contribution in [0, 0.1) is 0 Å². The van der Waals surface area contributed by atoms with Gasteiger partial charge in [0.2, 0.25) is 5.91 Å². The highest BCUT2D eigenvalue weighted by Crippen LogP contribution is 2.22. The van der Waals surface area contributed by atoms with Crippen LogP contribution in [0.15, 0.2) is 41.5 Å². The average molecular weight is 434 g/mol. The van der Waals surface area contributed by atoms with Crippen molar-refractivity contribution >= 4 is 28.6 Å². The van der Waals surface area contributed by atoms with Crippen LogP contribution in [0.5, 0.6) is 0 Å². The summed E-state index contributed by atoms with van der Waals surface area (Å²) in [5.74, 6) is -0.744. The highest BCUT2D eigenvalue weighted by Gasteiger charge is 2.22. The molecule has 8 heteroatoms. The third-order valence-corrected chi connectivity index (χ3v) is 5.74. The predicted molar refractivity (Wildman–Crippen MR) is 121 cm³/mol. The molecule has 1 aliphatic carbocycles. The van der Waals surface area contributed by atoms with E-state index in [0.717, 1.165) is 36.9 Å². The van der Waals surface area contributed by atoms with E-state index < -0.39 is 12.0 Å². The third kappa shape index (κ3) is 4.26. The SMILES string of the molecule is CCOC(=O)c1ccc(NC(=O)[C@@H](CC)n2cnc3nc4c(cc3c2=O)CCCC4)cc1. The van der Waals surface area contributed by atoms with Crippen molar-refractivity contribution in [2.45, 2.75) is 52.0 Å². The molecule has 1 aliphatic rings. The molecule has 3 aromatic rings. The lowest BCUT2D eigenvalue weighted by atomic mass is 9.95. The molecule has 0 radical (unpaired) electrons. The van der Waals surface area contributed by atoms with Gasteiger partial charge in [-0.05, 0) is 74.9 Å². The summed E-state index contributed by atoms with van der Waals surface area (Å²) in [6, 6.07) is 7.62. The number of hydrogen-bond donors (Lipinski definition) is 1. The Kier molecular flexibility index (Phi) is 6.30. The number of nitrogens with one attached hydrogen (secondary N) is 1. The van der Waals surface area contributed by atoms with Gasteiger partial charge in [0.1, 0.15) is 12.4 Å². The fourth-order valence-corrected chi connectivity index (χ4v) is 4.05. The Bertz CT molecular complexity index is 1220. The minimum absolute atomic E-state index is 0.268. The fraction of sp³-hybridized carbons (Fsp3) is 0.375. The van der Waals surface area contributed by atoms with E-state index in [-0.39, 0.29) is 11.5 Å². The number of rotatable bonds is 6. The number of amides is 1. The van der Waals surface area contributed by atoms with Crippen molar-refractivity contribution in [1.82, 2.24) is 14.5 Å². The molecule has 8 nitrogen and oxygen atoms in total. The lowest BCUT2D eigenvalue weighted by Crippen LogP contribution is -2.33. The molecule has 32 heavy (non-hydrogen) atoms. The van der Waals surface area contributed by atoms with Gasteiger partial charge in [-0.25, -0.2) is 14.8 Å². The molecule has 0 unspecified atom stereocenters. The molecule has 0 saturated carbocycles. The van der Waals surface area contributed by atoms with Crippen molar-refractivity contribution in [3.8, 4) is 0 Å². The zero-order chi connectivity index (χ0) is 22.7. The molecule has 166 valence electrons. The molecule has 4 rings (SSSR count). The molecule has 2 heterocycles. The highest BCUT2D eigenvalue weighted by atomic mass is 16.5. The second kappa shape index (κ2) is 9.30. The normalized spacial score (nSPS) is 13.9. The summed E-state index contributed by atoms with van der Waals surface area (Å²) in [5.41, 5.74) is 3.21. The Hall–Kier alpha value is -3.55. The second-order valence-corrected chi connectivity index (χ2v) is 7.84. The maximum atomic E-state index is 13.2.